The van der Waals surface area contributed by atoms with E-state index in [4.69, 9.17) is 10.8 Å². The van der Waals surface area contributed by atoms with Crippen LogP contribution in [0.4, 0.5) is 0 Å². The zero-order valence-electron chi connectivity index (χ0n) is 18.3. The molecule has 0 heterocycles. The molecule has 0 aromatic rings. The van der Waals surface area contributed by atoms with Gasteiger partial charge in [0, 0.05) is 0 Å². The van der Waals surface area contributed by atoms with Crippen LogP contribution in [0, 0.1) is 11.8 Å². The van der Waals surface area contributed by atoms with E-state index in [2.05, 4.69) is 16.0 Å². The fourth-order valence-corrected chi connectivity index (χ4v) is 2.71. The Hall–Kier alpha value is -2.73. The van der Waals surface area contributed by atoms with Gasteiger partial charge in [-0.15, -0.1) is 0 Å². The Bertz CT molecular complexity index is 653. The van der Waals surface area contributed by atoms with Gasteiger partial charge in [0.1, 0.15) is 18.1 Å². The first-order chi connectivity index (χ1) is 14.3. The lowest BCUT2D eigenvalue weighted by Gasteiger charge is -2.24. The zero-order chi connectivity index (χ0) is 24.3. The summed E-state index contributed by atoms with van der Waals surface area (Å²) in [5.74, 6) is -5.34. The quantitative estimate of drug-likeness (QED) is 0.164. The standard InChI is InChI=1S/C19H34N4O8/c1-9(2)5-11(20)16(27)21-12(7-15(25)26)17(28)23-14(8-24)18(29)22-13(19(30)31)6-10(3)4/h9-14,24H,5-8,20H2,1-4H3,(H,21,27)(H,22,29)(H,23,28)(H,25,26)(H,30,31). The van der Waals surface area contributed by atoms with Crippen molar-refractivity contribution in [2.75, 3.05) is 6.61 Å². The van der Waals surface area contributed by atoms with Gasteiger partial charge in [-0.05, 0) is 24.7 Å². The molecule has 8 N–H and O–H groups in total. The molecule has 0 aromatic carbocycles. The van der Waals surface area contributed by atoms with Crippen LogP contribution in [-0.2, 0) is 24.0 Å². The number of nitrogens with two attached hydrogens (primary N) is 1. The van der Waals surface area contributed by atoms with Crippen molar-refractivity contribution in [1.29, 1.82) is 0 Å². The van der Waals surface area contributed by atoms with Gasteiger partial charge < -0.3 is 37.0 Å². The van der Waals surface area contributed by atoms with Crippen LogP contribution in [0.3, 0.4) is 0 Å². The van der Waals surface area contributed by atoms with Crippen molar-refractivity contribution in [2.45, 2.75) is 71.1 Å². The van der Waals surface area contributed by atoms with Crippen molar-refractivity contribution in [2.24, 2.45) is 17.6 Å². The smallest absolute Gasteiger partial charge is 0.326 e. The first-order valence-corrected chi connectivity index (χ1v) is 10.0. The Balaban J connectivity index is 5.25. The number of carboxylic acids is 2. The van der Waals surface area contributed by atoms with Gasteiger partial charge in [-0.1, -0.05) is 27.7 Å². The first kappa shape index (κ1) is 28.3. The van der Waals surface area contributed by atoms with E-state index in [1.807, 2.05) is 13.8 Å². The fraction of sp³-hybridized carbons (Fsp3) is 0.737. The van der Waals surface area contributed by atoms with E-state index in [-0.39, 0.29) is 18.3 Å². The van der Waals surface area contributed by atoms with E-state index in [1.54, 1.807) is 13.8 Å². The molecule has 0 radical (unpaired) electrons. The Kier molecular flexibility index (Phi) is 12.4. The number of carbonyl (C=O) groups is 5. The Morgan fingerprint density at radius 2 is 1.19 bits per heavy atom. The van der Waals surface area contributed by atoms with Gasteiger partial charge in [0.25, 0.3) is 0 Å². The molecule has 0 rings (SSSR count). The molecular weight excluding hydrogens is 412 g/mol. The van der Waals surface area contributed by atoms with Gasteiger partial charge in [0.2, 0.25) is 17.7 Å². The van der Waals surface area contributed by atoms with Crippen LogP contribution < -0.4 is 21.7 Å². The van der Waals surface area contributed by atoms with Crippen LogP contribution >= 0.6 is 0 Å². The second-order valence-electron chi connectivity index (χ2n) is 8.17. The molecule has 0 fully saturated rings. The summed E-state index contributed by atoms with van der Waals surface area (Å²) in [4.78, 5) is 59.4. The molecule has 4 unspecified atom stereocenters. The maximum absolute atomic E-state index is 12.5. The van der Waals surface area contributed by atoms with Gasteiger partial charge in [0.05, 0.1) is 19.1 Å². The summed E-state index contributed by atoms with van der Waals surface area (Å²) in [5, 5.41) is 34.3. The monoisotopic (exact) mass is 446 g/mol. The minimum Gasteiger partial charge on any atom is -0.481 e. The highest BCUT2D eigenvalue weighted by Crippen LogP contribution is 2.06. The molecular formula is C19H34N4O8. The SMILES string of the molecule is CC(C)CC(N)C(=O)NC(CC(=O)O)C(=O)NC(CO)C(=O)NC(CC(C)C)C(=O)O. The van der Waals surface area contributed by atoms with Crippen molar-refractivity contribution in [3.63, 3.8) is 0 Å². The average Bonchev–Trinajstić information content (AvgIpc) is 2.63. The number of carbonyl (C=O) groups excluding carboxylic acids is 3. The van der Waals surface area contributed by atoms with Gasteiger partial charge in [0.15, 0.2) is 0 Å². The maximum atomic E-state index is 12.5. The predicted molar refractivity (Wildman–Crippen MR) is 110 cm³/mol. The summed E-state index contributed by atoms with van der Waals surface area (Å²) in [6.45, 7) is 6.32. The third kappa shape index (κ3) is 11.3. The number of rotatable bonds is 14. The van der Waals surface area contributed by atoms with Crippen LogP contribution in [-0.4, -0.2) is 75.8 Å². The van der Waals surface area contributed by atoms with Gasteiger partial charge in [-0.2, -0.15) is 0 Å². The van der Waals surface area contributed by atoms with Crippen molar-refractivity contribution >= 4 is 29.7 Å². The largest absolute Gasteiger partial charge is 0.481 e. The number of amides is 3. The van der Waals surface area contributed by atoms with Crippen LogP contribution in [0.5, 0.6) is 0 Å². The van der Waals surface area contributed by atoms with E-state index < -0.39 is 66.9 Å². The molecule has 0 bridgehead atoms. The molecule has 0 aliphatic rings. The number of hydrogen-bond donors (Lipinski definition) is 7. The molecule has 0 aliphatic heterocycles. The minimum absolute atomic E-state index is 0.0474. The van der Waals surface area contributed by atoms with Crippen molar-refractivity contribution in [3.8, 4) is 0 Å². The first-order valence-electron chi connectivity index (χ1n) is 10.0. The lowest BCUT2D eigenvalue weighted by molar-refractivity contribution is -0.144. The van der Waals surface area contributed by atoms with E-state index in [9.17, 15) is 34.2 Å². The van der Waals surface area contributed by atoms with Gasteiger partial charge >= 0.3 is 11.9 Å². The summed E-state index contributed by atoms with van der Waals surface area (Å²) in [5.41, 5.74) is 5.74. The summed E-state index contributed by atoms with van der Waals surface area (Å²) in [7, 11) is 0. The molecule has 178 valence electrons. The summed E-state index contributed by atoms with van der Waals surface area (Å²) >= 11 is 0. The Morgan fingerprint density at radius 3 is 1.61 bits per heavy atom. The molecule has 12 heteroatoms. The molecule has 4 atom stereocenters. The molecule has 0 saturated carbocycles. The Labute approximate surface area is 180 Å². The third-order valence-electron chi connectivity index (χ3n) is 4.21. The maximum Gasteiger partial charge on any atom is 0.326 e. The van der Waals surface area contributed by atoms with Crippen molar-refractivity contribution in [1.82, 2.24) is 16.0 Å². The zero-order valence-corrected chi connectivity index (χ0v) is 18.3. The lowest BCUT2D eigenvalue weighted by atomic mass is 10.0. The highest BCUT2D eigenvalue weighted by Gasteiger charge is 2.31. The molecule has 12 nitrogen and oxygen atoms in total. The fourth-order valence-electron chi connectivity index (χ4n) is 2.71. The van der Waals surface area contributed by atoms with Crippen molar-refractivity contribution < 1.29 is 39.3 Å². The van der Waals surface area contributed by atoms with E-state index in [0.717, 1.165) is 0 Å². The van der Waals surface area contributed by atoms with Crippen LogP contribution in [0.15, 0.2) is 0 Å². The number of carboxylic acid groups (broad SMARTS) is 2. The number of nitrogens with one attached hydrogen (secondary N) is 3. The highest BCUT2D eigenvalue weighted by atomic mass is 16.4. The Morgan fingerprint density at radius 1 is 0.742 bits per heavy atom. The second kappa shape index (κ2) is 13.5. The van der Waals surface area contributed by atoms with Crippen molar-refractivity contribution in [3.05, 3.63) is 0 Å². The average molecular weight is 447 g/mol. The van der Waals surface area contributed by atoms with Crippen LogP contribution in [0.1, 0.15) is 47.0 Å². The van der Waals surface area contributed by atoms with Gasteiger partial charge in [-0.25, -0.2) is 4.79 Å². The van der Waals surface area contributed by atoms with Crippen LogP contribution in [0.25, 0.3) is 0 Å². The topological polar surface area (TPSA) is 208 Å². The number of hydrogen-bond acceptors (Lipinski definition) is 7. The molecule has 3 amide bonds. The van der Waals surface area contributed by atoms with Crippen LogP contribution in [0.2, 0.25) is 0 Å². The van der Waals surface area contributed by atoms with E-state index in [1.165, 1.54) is 0 Å². The third-order valence-corrected chi connectivity index (χ3v) is 4.21. The predicted octanol–water partition coefficient (Wildman–Crippen LogP) is -1.59. The summed E-state index contributed by atoms with van der Waals surface area (Å²) in [6.07, 6.45) is -0.350. The number of aliphatic hydroxyl groups excluding tert-OH is 1. The molecule has 31 heavy (non-hydrogen) atoms. The molecule has 0 aliphatic carbocycles. The van der Waals surface area contributed by atoms with E-state index in [0.29, 0.717) is 6.42 Å². The molecule has 0 spiro atoms. The minimum atomic E-state index is -1.55. The second-order valence-corrected chi connectivity index (χ2v) is 8.17. The highest BCUT2D eigenvalue weighted by molar-refractivity contribution is 5.95. The van der Waals surface area contributed by atoms with Gasteiger partial charge in [-0.3, -0.25) is 19.2 Å². The normalized spacial score (nSPS) is 15.0. The molecule has 0 saturated heterocycles. The van der Waals surface area contributed by atoms with E-state index >= 15 is 0 Å². The summed E-state index contributed by atoms with van der Waals surface area (Å²) < 4.78 is 0. The lowest BCUT2D eigenvalue weighted by Crippen LogP contribution is -2.58. The number of aliphatic carboxylic acids is 2. The number of aliphatic hydroxyl groups is 1. The summed E-state index contributed by atoms with van der Waals surface area (Å²) in [6, 6.07) is -5.29. The molecule has 0 aromatic heterocycles.